The predicted molar refractivity (Wildman–Crippen MR) is 37.4 cm³/mol. The summed E-state index contributed by atoms with van der Waals surface area (Å²) in [7, 11) is 0. The van der Waals surface area contributed by atoms with Gasteiger partial charge in [-0.05, 0) is 25.5 Å². The fraction of sp³-hybridized carbons (Fsp3) is 0.286. The maximum atomic E-state index is 11.9. The SMILES string of the molecule is C/C(C=N)=C/C=C(\C)F. The van der Waals surface area contributed by atoms with Gasteiger partial charge >= 0.3 is 0 Å². The molecule has 0 aromatic rings. The Labute approximate surface area is 54.4 Å². The highest BCUT2D eigenvalue weighted by Gasteiger charge is 1.78. The first-order valence-electron chi connectivity index (χ1n) is 2.68. The molecule has 0 unspecified atom stereocenters. The molecule has 0 saturated heterocycles. The summed E-state index contributed by atoms with van der Waals surface area (Å²) >= 11 is 0. The molecule has 0 aliphatic rings. The molecule has 0 aliphatic heterocycles. The summed E-state index contributed by atoms with van der Waals surface area (Å²) in [4.78, 5) is 0. The van der Waals surface area contributed by atoms with E-state index in [4.69, 9.17) is 5.41 Å². The second kappa shape index (κ2) is 4.01. The molecule has 0 rings (SSSR count). The van der Waals surface area contributed by atoms with Crippen LogP contribution in [0.5, 0.6) is 0 Å². The summed E-state index contributed by atoms with van der Waals surface area (Å²) in [6.07, 6.45) is 4.07. The summed E-state index contributed by atoms with van der Waals surface area (Å²) < 4.78 is 11.9. The number of rotatable bonds is 2. The van der Waals surface area contributed by atoms with E-state index < -0.39 is 0 Å². The number of nitrogens with one attached hydrogen (secondary N) is 1. The van der Waals surface area contributed by atoms with Crippen LogP contribution in [0.3, 0.4) is 0 Å². The molecule has 0 saturated carbocycles. The van der Waals surface area contributed by atoms with Crippen molar-refractivity contribution in [2.45, 2.75) is 13.8 Å². The van der Waals surface area contributed by atoms with Crippen molar-refractivity contribution in [3.63, 3.8) is 0 Å². The quantitative estimate of drug-likeness (QED) is 0.435. The van der Waals surface area contributed by atoms with Gasteiger partial charge in [0.15, 0.2) is 0 Å². The lowest BCUT2D eigenvalue weighted by Crippen LogP contribution is -1.71. The van der Waals surface area contributed by atoms with Crippen LogP contribution in [-0.4, -0.2) is 6.21 Å². The minimum Gasteiger partial charge on any atom is -0.308 e. The van der Waals surface area contributed by atoms with E-state index in [0.29, 0.717) is 0 Å². The van der Waals surface area contributed by atoms with Crippen LogP contribution in [0.4, 0.5) is 4.39 Å². The Morgan fingerprint density at radius 3 is 2.22 bits per heavy atom. The van der Waals surface area contributed by atoms with Gasteiger partial charge in [0.2, 0.25) is 0 Å². The largest absolute Gasteiger partial charge is 0.308 e. The molecule has 1 nitrogen and oxygen atoms in total. The topological polar surface area (TPSA) is 23.9 Å². The van der Waals surface area contributed by atoms with Crippen LogP contribution in [0, 0.1) is 5.41 Å². The van der Waals surface area contributed by atoms with Crippen LogP contribution < -0.4 is 0 Å². The Kier molecular flexibility index (Phi) is 3.60. The van der Waals surface area contributed by atoms with Crippen LogP contribution >= 0.6 is 0 Å². The minimum absolute atomic E-state index is 0.240. The van der Waals surface area contributed by atoms with Crippen molar-refractivity contribution in [2.24, 2.45) is 0 Å². The van der Waals surface area contributed by atoms with Gasteiger partial charge in [-0.15, -0.1) is 0 Å². The maximum absolute atomic E-state index is 11.9. The van der Waals surface area contributed by atoms with Gasteiger partial charge < -0.3 is 5.41 Å². The maximum Gasteiger partial charge on any atom is 0.0968 e. The van der Waals surface area contributed by atoms with Gasteiger partial charge in [-0.2, -0.15) is 0 Å². The van der Waals surface area contributed by atoms with Crippen molar-refractivity contribution in [2.75, 3.05) is 0 Å². The third kappa shape index (κ3) is 4.94. The van der Waals surface area contributed by atoms with Crippen molar-refractivity contribution < 1.29 is 4.39 Å². The molecule has 1 N–H and O–H groups in total. The Hall–Kier alpha value is -0.920. The molecule has 0 atom stereocenters. The summed E-state index contributed by atoms with van der Waals surface area (Å²) in [6, 6.07) is 0. The Morgan fingerprint density at radius 1 is 1.33 bits per heavy atom. The first kappa shape index (κ1) is 8.08. The van der Waals surface area contributed by atoms with E-state index >= 15 is 0 Å². The van der Waals surface area contributed by atoms with E-state index in [9.17, 15) is 4.39 Å². The summed E-state index contributed by atoms with van der Waals surface area (Å²) in [5.41, 5.74) is 0.743. The van der Waals surface area contributed by atoms with Crippen molar-refractivity contribution >= 4 is 6.21 Å². The van der Waals surface area contributed by atoms with Crippen molar-refractivity contribution in [1.29, 1.82) is 5.41 Å². The Morgan fingerprint density at radius 2 is 1.89 bits per heavy atom. The monoisotopic (exact) mass is 127 g/mol. The van der Waals surface area contributed by atoms with E-state index in [-0.39, 0.29) is 5.83 Å². The second-order valence-electron chi connectivity index (χ2n) is 1.81. The van der Waals surface area contributed by atoms with Crippen LogP contribution in [0.2, 0.25) is 0 Å². The van der Waals surface area contributed by atoms with Crippen molar-refractivity contribution in [3.8, 4) is 0 Å². The lowest BCUT2D eigenvalue weighted by Gasteiger charge is -1.82. The Bertz CT molecular complexity index is 152. The number of hydrogen-bond acceptors (Lipinski definition) is 1. The summed E-state index contributed by atoms with van der Waals surface area (Å²) in [6.45, 7) is 3.11. The van der Waals surface area contributed by atoms with E-state index in [2.05, 4.69) is 0 Å². The molecule has 0 aliphatic carbocycles. The molecule has 0 heterocycles. The van der Waals surface area contributed by atoms with Crippen LogP contribution in [0.15, 0.2) is 23.6 Å². The number of allylic oxidation sites excluding steroid dienone is 4. The highest BCUT2D eigenvalue weighted by molar-refractivity contribution is 5.75. The van der Waals surface area contributed by atoms with Crippen molar-refractivity contribution in [1.82, 2.24) is 0 Å². The van der Waals surface area contributed by atoms with Crippen LogP contribution in [-0.2, 0) is 0 Å². The van der Waals surface area contributed by atoms with E-state index in [0.717, 1.165) is 5.57 Å². The average molecular weight is 127 g/mol. The first-order valence-corrected chi connectivity index (χ1v) is 2.68. The van der Waals surface area contributed by atoms with Gasteiger partial charge in [-0.25, -0.2) is 4.39 Å². The normalized spacial score (nSPS) is 13.7. The van der Waals surface area contributed by atoms with Gasteiger partial charge in [0.1, 0.15) is 0 Å². The van der Waals surface area contributed by atoms with Gasteiger partial charge in [-0.3, -0.25) is 0 Å². The van der Waals surface area contributed by atoms with Gasteiger partial charge in [0.25, 0.3) is 0 Å². The second-order valence-corrected chi connectivity index (χ2v) is 1.81. The lowest BCUT2D eigenvalue weighted by molar-refractivity contribution is 0.640. The molecule has 0 bridgehead atoms. The summed E-state index contributed by atoms with van der Waals surface area (Å²) in [5.74, 6) is -0.240. The molecule has 0 fully saturated rings. The Balaban J connectivity index is 3.98. The zero-order chi connectivity index (χ0) is 7.28. The van der Waals surface area contributed by atoms with Gasteiger partial charge in [0, 0.05) is 6.21 Å². The van der Waals surface area contributed by atoms with E-state index in [1.807, 2.05) is 0 Å². The van der Waals surface area contributed by atoms with Crippen LogP contribution in [0.25, 0.3) is 0 Å². The number of halogens is 1. The van der Waals surface area contributed by atoms with Gasteiger partial charge in [0.05, 0.1) is 5.83 Å². The molecule has 0 radical (unpaired) electrons. The highest BCUT2D eigenvalue weighted by atomic mass is 19.1. The molecule has 50 valence electrons. The number of hydrogen-bond donors (Lipinski definition) is 1. The summed E-state index contributed by atoms with van der Waals surface area (Å²) in [5, 5.41) is 6.71. The lowest BCUT2D eigenvalue weighted by atomic mass is 10.3. The molecule has 0 aromatic carbocycles. The van der Waals surface area contributed by atoms with E-state index in [1.165, 1.54) is 19.2 Å². The van der Waals surface area contributed by atoms with Gasteiger partial charge in [-0.1, -0.05) is 6.08 Å². The third-order valence-corrected chi connectivity index (χ3v) is 0.804. The molecule has 0 amide bonds. The zero-order valence-electron chi connectivity index (χ0n) is 5.61. The minimum atomic E-state index is -0.240. The van der Waals surface area contributed by atoms with Crippen molar-refractivity contribution in [3.05, 3.63) is 23.6 Å². The molecular formula is C7H10FN. The molecule has 0 spiro atoms. The fourth-order valence-corrected chi connectivity index (χ4v) is 0.294. The smallest absolute Gasteiger partial charge is 0.0968 e. The molecular weight excluding hydrogens is 117 g/mol. The highest BCUT2D eigenvalue weighted by Crippen LogP contribution is 1.95. The first-order chi connectivity index (χ1) is 4.16. The van der Waals surface area contributed by atoms with Crippen LogP contribution in [0.1, 0.15) is 13.8 Å². The third-order valence-electron chi connectivity index (χ3n) is 0.804. The predicted octanol–water partition coefficient (Wildman–Crippen LogP) is 2.46. The van der Waals surface area contributed by atoms with E-state index in [1.54, 1.807) is 13.0 Å². The fourth-order valence-electron chi connectivity index (χ4n) is 0.294. The average Bonchev–Trinajstić information content (AvgIpc) is 1.83. The standard InChI is InChI=1S/C7H10FN/c1-6(5-9)3-4-7(2)8/h3-5,9H,1-2H3/b6-3-,7-4+,9-5?. The molecule has 9 heavy (non-hydrogen) atoms. The molecule has 0 aromatic heterocycles. The zero-order valence-corrected chi connectivity index (χ0v) is 5.61. The molecule has 2 heteroatoms.